The third-order valence-corrected chi connectivity index (χ3v) is 4.22. The number of hydrogen-bond acceptors (Lipinski definition) is 2. The van der Waals surface area contributed by atoms with Crippen molar-refractivity contribution in [2.45, 2.75) is 6.92 Å². The van der Waals surface area contributed by atoms with Gasteiger partial charge < -0.3 is 27.3 Å². The molecule has 0 saturated heterocycles. The van der Waals surface area contributed by atoms with Crippen LogP contribution in [0.3, 0.4) is 0 Å². The SMILES string of the molecule is CC[N+]1(CCOC)c2ccccc2Nc2ccccc21.F[B-](F)(F)F. The number of para-hydroxylation sites is 4. The molecule has 1 aliphatic heterocycles. The molecule has 0 radical (unpaired) electrons. The molecule has 0 saturated carbocycles. The average molecular weight is 356 g/mol. The molecule has 0 spiro atoms. The van der Waals surface area contributed by atoms with Gasteiger partial charge in [0.2, 0.25) is 0 Å². The summed E-state index contributed by atoms with van der Waals surface area (Å²) >= 11 is 0. The molecule has 0 aromatic heterocycles. The van der Waals surface area contributed by atoms with Gasteiger partial charge in [0.15, 0.2) is 11.4 Å². The number of nitrogens with one attached hydrogen (secondary N) is 1. The second-order valence-electron chi connectivity index (χ2n) is 5.65. The Hall–Kier alpha value is -2.06. The summed E-state index contributed by atoms with van der Waals surface area (Å²) in [5.41, 5.74) is 5.05. The molecular formula is C17H21BF4N2O. The van der Waals surface area contributed by atoms with Gasteiger partial charge in [-0.05, 0) is 19.1 Å². The molecule has 1 heterocycles. The Morgan fingerprint density at radius 3 is 1.76 bits per heavy atom. The molecule has 0 aliphatic carbocycles. The predicted octanol–water partition coefficient (Wildman–Crippen LogP) is 5.35. The highest BCUT2D eigenvalue weighted by Crippen LogP contribution is 2.48. The number of benzene rings is 2. The molecule has 0 amide bonds. The molecule has 0 atom stereocenters. The van der Waals surface area contributed by atoms with Crippen molar-refractivity contribution in [2.75, 3.05) is 32.1 Å². The van der Waals surface area contributed by atoms with Crippen molar-refractivity contribution in [1.29, 1.82) is 0 Å². The fraction of sp³-hybridized carbons (Fsp3) is 0.294. The van der Waals surface area contributed by atoms with E-state index in [1.54, 1.807) is 7.11 Å². The lowest BCUT2D eigenvalue weighted by atomic mass is 10.1. The maximum absolute atomic E-state index is 9.75. The van der Waals surface area contributed by atoms with E-state index in [1.165, 1.54) is 22.7 Å². The Labute approximate surface area is 144 Å². The van der Waals surface area contributed by atoms with Crippen molar-refractivity contribution in [3.63, 3.8) is 0 Å². The molecular weight excluding hydrogens is 335 g/mol. The summed E-state index contributed by atoms with van der Waals surface area (Å²) in [6, 6.07) is 17.1. The molecule has 0 unspecified atom stereocenters. The van der Waals surface area contributed by atoms with E-state index >= 15 is 0 Å². The molecule has 2 aromatic carbocycles. The van der Waals surface area contributed by atoms with Crippen LogP contribution in [0.15, 0.2) is 48.5 Å². The van der Waals surface area contributed by atoms with E-state index in [-0.39, 0.29) is 0 Å². The van der Waals surface area contributed by atoms with Gasteiger partial charge in [-0.2, -0.15) is 0 Å². The number of ether oxygens (including phenoxy) is 1. The summed E-state index contributed by atoms with van der Waals surface area (Å²) in [6.07, 6.45) is 0. The van der Waals surface area contributed by atoms with Gasteiger partial charge in [-0.3, -0.25) is 4.48 Å². The minimum absolute atomic E-state index is 0.747. The quantitative estimate of drug-likeness (QED) is 0.453. The molecule has 1 aliphatic rings. The lowest BCUT2D eigenvalue weighted by molar-refractivity contribution is 0.174. The number of halogens is 4. The fourth-order valence-corrected chi connectivity index (χ4v) is 3.17. The monoisotopic (exact) mass is 356 g/mol. The molecule has 0 fully saturated rings. The lowest BCUT2D eigenvalue weighted by Gasteiger charge is -2.41. The number of methoxy groups -OCH3 is 1. The van der Waals surface area contributed by atoms with E-state index in [2.05, 4.69) is 60.8 Å². The van der Waals surface area contributed by atoms with E-state index < -0.39 is 7.25 Å². The average Bonchev–Trinajstić information content (AvgIpc) is 2.57. The van der Waals surface area contributed by atoms with Crippen molar-refractivity contribution < 1.29 is 22.0 Å². The Morgan fingerprint density at radius 2 is 1.36 bits per heavy atom. The van der Waals surface area contributed by atoms with Crippen molar-refractivity contribution in [1.82, 2.24) is 4.48 Å². The van der Waals surface area contributed by atoms with Crippen LogP contribution in [0.2, 0.25) is 0 Å². The molecule has 8 heteroatoms. The van der Waals surface area contributed by atoms with E-state index in [4.69, 9.17) is 4.74 Å². The highest BCUT2D eigenvalue weighted by molar-refractivity contribution is 6.50. The van der Waals surface area contributed by atoms with Crippen LogP contribution >= 0.6 is 0 Å². The summed E-state index contributed by atoms with van der Waals surface area (Å²) in [6.45, 7) is 4.95. The van der Waals surface area contributed by atoms with Gasteiger partial charge in [0.05, 0.1) is 13.2 Å². The van der Waals surface area contributed by atoms with Crippen molar-refractivity contribution >= 4 is 30.0 Å². The van der Waals surface area contributed by atoms with E-state index in [9.17, 15) is 17.3 Å². The number of rotatable bonds is 4. The molecule has 3 rings (SSSR count). The zero-order chi connectivity index (χ0) is 18.5. The van der Waals surface area contributed by atoms with Gasteiger partial charge in [0.25, 0.3) is 0 Å². The summed E-state index contributed by atoms with van der Waals surface area (Å²) in [5.74, 6) is 0. The largest absolute Gasteiger partial charge is 0.673 e. The van der Waals surface area contributed by atoms with Crippen LogP contribution in [0.25, 0.3) is 0 Å². The second-order valence-corrected chi connectivity index (χ2v) is 5.65. The van der Waals surface area contributed by atoms with Crippen LogP contribution in [0.1, 0.15) is 6.92 Å². The van der Waals surface area contributed by atoms with Crippen molar-refractivity contribution in [3.8, 4) is 0 Å². The van der Waals surface area contributed by atoms with Gasteiger partial charge >= 0.3 is 7.25 Å². The van der Waals surface area contributed by atoms with Crippen LogP contribution < -0.4 is 9.80 Å². The normalized spacial score (nSPS) is 14.5. The Morgan fingerprint density at radius 1 is 0.920 bits per heavy atom. The van der Waals surface area contributed by atoms with Gasteiger partial charge in [-0.1, -0.05) is 24.3 Å². The molecule has 25 heavy (non-hydrogen) atoms. The first-order valence-electron chi connectivity index (χ1n) is 8.01. The maximum Gasteiger partial charge on any atom is 0.673 e. The zero-order valence-electron chi connectivity index (χ0n) is 14.2. The highest BCUT2D eigenvalue weighted by atomic mass is 19.5. The van der Waals surface area contributed by atoms with Crippen LogP contribution in [0.4, 0.5) is 40.0 Å². The van der Waals surface area contributed by atoms with E-state index in [0.717, 1.165) is 24.2 Å². The number of anilines is 2. The topological polar surface area (TPSA) is 21.3 Å². The van der Waals surface area contributed by atoms with Crippen LogP contribution in [0.5, 0.6) is 0 Å². The lowest BCUT2D eigenvalue weighted by Crippen LogP contribution is -2.48. The van der Waals surface area contributed by atoms with Crippen LogP contribution in [-0.4, -0.2) is 34.1 Å². The highest BCUT2D eigenvalue weighted by Gasteiger charge is 2.39. The summed E-state index contributed by atoms with van der Waals surface area (Å²) in [4.78, 5) is 0. The summed E-state index contributed by atoms with van der Waals surface area (Å²) < 4.78 is 45.2. The number of likely N-dealkylation sites (N-methyl/N-ethyl adjacent to an activating group) is 1. The molecule has 1 N–H and O–H groups in total. The molecule has 136 valence electrons. The van der Waals surface area contributed by atoms with Crippen molar-refractivity contribution in [3.05, 3.63) is 48.5 Å². The first-order chi connectivity index (χ1) is 11.8. The minimum atomic E-state index is -6.00. The van der Waals surface area contributed by atoms with Gasteiger partial charge in [-0.15, -0.1) is 0 Å². The molecule has 2 aromatic rings. The number of fused-ring (bicyclic) bond motifs is 2. The Balaban J connectivity index is 0.000000399. The third kappa shape index (κ3) is 4.52. The number of nitrogens with zero attached hydrogens (tertiary/aromatic N) is 1. The zero-order valence-corrected chi connectivity index (χ0v) is 14.2. The first-order valence-corrected chi connectivity index (χ1v) is 8.01. The molecule has 3 nitrogen and oxygen atoms in total. The summed E-state index contributed by atoms with van der Waals surface area (Å²) in [7, 11) is -4.23. The van der Waals surface area contributed by atoms with E-state index in [1.807, 2.05) is 0 Å². The van der Waals surface area contributed by atoms with Crippen LogP contribution in [0, 0.1) is 0 Å². The maximum atomic E-state index is 9.75. The smallest absolute Gasteiger partial charge is 0.418 e. The third-order valence-electron chi connectivity index (χ3n) is 4.22. The Bertz CT molecular complexity index is 658. The van der Waals surface area contributed by atoms with Gasteiger partial charge in [0.1, 0.15) is 17.9 Å². The summed E-state index contributed by atoms with van der Waals surface area (Å²) in [5, 5.41) is 3.55. The number of quaternary nitrogens is 1. The first kappa shape index (κ1) is 19.3. The van der Waals surface area contributed by atoms with Crippen LogP contribution in [-0.2, 0) is 4.74 Å². The van der Waals surface area contributed by atoms with E-state index in [0.29, 0.717) is 0 Å². The minimum Gasteiger partial charge on any atom is -0.418 e. The fourth-order valence-electron chi connectivity index (χ4n) is 3.17. The second kappa shape index (κ2) is 7.88. The standard InChI is InChI=1S/C17H21N2O.BF4/c1-3-19(12-13-20-2)16-10-6-4-8-14(16)18-15-9-5-7-11-17(15)19;2-1(3,4)5/h4-11,18H,3,12-13H2,1-2H3;/q+1;-1. The van der Waals surface area contributed by atoms with Gasteiger partial charge in [-0.25, -0.2) is 0 Å². The molecule has 0 bridgehead atoms. The van der Waals surface area contributed by atoms with Gasteiger partial charge in [0, 0.05) is 19.2 Å². The number of hydrogen-bond donors (Lipinski definition) is 1. The Kier molecular flexibility index (Phi) is 6.08. The van der Waals surface area contributed by atoms with Crippen molar-refractivity contribution in [2.24, 2.45) is 0 Å². The predicted molar refractivity (Wildman–Crippen MR) is 95.1 cm³/mol.